The lowest BCUT2D eigenvalue weighted by atomic mass is 10.2. The number of nitrogens with zero attached hydrogens (tertiary/aromatic N) is 1. The Labute approximate surface area is 122 Å². The van der Waals surface area contributed by atoms with E-state index >= 15 is 0 Å². The van der Waals surface area contributed by atoms with Gasteiger partial charge in [-0.25, -0.2) is 0 Å². The van der Waals surface area contributed by atoms with Crippen molar-refractivity contribution in [3.8, 4) is 5.75 Å². The summed E-state index contributed by atoms with van der Waals surface area (Å²) >= 11 is 0. The molecule has 0 aliphatic heterocycles. The molecule has 21 heavy (non-hydrogen) atoms. The van der Waals surface area contributed by atoms with Crippen molar-refractivity contribution < 1.29 is 17.9 Å². The first kappa shape index (κ1) is 17.1. The van der Waals surface area contributed by atoms with Crippen LogP contribution in [0.25, 0.3) is 0 Å². The van der Waals surface area contributed by atoms with E-state index in [4.69, 9.17) is 4.74 Å². The largest absolute Gasteiger partial charge is 0.492 e. The van der Waals surface area contributed by atoms with Gasteiger partial charge in [-0.3, -0.25) is 4.99 Å². The molecule has 0 amide bonds. The molecule has 1 rings (SSSR count). The van der Waals surface area contributed by atoms with E-state index in [0.717, 1.165) is 12.1 Å². The molecule has 0 unspecified atom stereocenters. The fraction of sp³-hybridized carbons (Fsp3) is 0.500. The van der Waals surface area contributed by atoms with Gasteiger partial charge < -0.3 is 15.4 Å². The van der Waals surface area contributed by atoms with E-state index in [9.17, 15) is 13.2 Å². The number of rotatable bonds is 5. The molecule has 0 heterocycles. The van der Waals surface area contributed by atoms with E-state index in [2.05, 4.69) is 15.6 Å². The second-order valence-electron chi connectivity index (χ2n) is 4.67. The Kier molecular flexibility index (Phi) is 6.33. The molecule has 1 aromatic rings. The average molecular weight is 303 g/mol. The van der Waals surface area contributed by atoms with Crippen LogP contribution in [-0.2, 0) is 6.18 Å². The van der Waals surface area contributed by atoms with Gasteiger partial charge in [-0.2, -0.15) is 13.2 Å². The second-order valence-corrected chi connectivity index (χ2v) is 4.67. The number of halogens is 3. The van der Waals surface area contributed by atoms with Crippen LogP contribution in [0.15, 0.2) is 29.3 Å². The van der Waals surface area contributed by atoms with Crippen LogP contribution >= 0.6 is 0 Å². The van der Waals surface area contributed by atoms with Gasteiger partial charge in [0.15, 0.2) is 5.96 Å². The number of guanidine groups is 1. The number of hydrogen-bond donors (Lipinski definition) is 2. The van der Waals surface area contributed by atoms with Crippen molar-refractivity contribution in [3.05, 3.63) is 29.8 Å². The molecule has 0 bridgehead atoms. The van der Waals surface area contributed by atoms with Crippen LogP contribution in [0.2, 0.25) is 0 Å². The van der Waals surface area contributed by atoms with Crippen LogP contribution in [0.5, 0.6) is 5.75 Å². The van der Waals surface area contributed by atoms with E-state index in [1.807, 2.05) is 13.8 Å². The summed E-state index contributed by atoms with van der Waals surface area (Å²) in [6.07, 6.45) is -4.36. The first-order valence-corrected chi connectivity index (χ1v) is 6.60. The Balaban J connectivity index is 2.43. The van der Waals surface area contributed by atoms with Gasteiger partial charge in [-0.15, -0.1) is 0 Å². The summed E-state index contributed by atoms with van der Waals surface area (Å²) in [6, 6.07) is 5.06. The molecule has 0 aliphatic rings. The number of hydrogen-bond acceptors (Lipinski definition) is 2. The zero-order valence-electron chi connectivity index (χ0n) is 12.3. The maximum atomic E-state index is 12.5. The molecule has 0 radical (unpaired) electrons. The molecule has 118 valence electrons. The zero-order chi connectivity index (χ0) is 15.9. The van der Waals surface area contributed by atoms with Gasteiger partial charge >= 0.3 is 6.18 Å². The highest BCUT2D eigenvalue weighted by Gasteiger charge is 2.30. The smallest absolute Gasteiger partial charge is 0.416 e. The van der Waals surface area contributed by atoms with E-state index in [1.54, 1.807) is 7.05 Å². The van der Waals surface area contributed by atoms with Crippen LogP contribution in [0.4, 0.5) is 13.2 Å². The summed E-state index contributed by atoms with van der Waals surface area (Å²) in [5.41, 5.74) is -0.717. The highest BCUT2D eigenvalue weighted by molar-refractivity contribution is 5.79. The molecule has 0 saturated heterocycles. The first-order chi connectivity index (χ1) is 9.82. The predicted molar refractivity (Wildman–Crippen MR) is 76.6 cm³/mol. The molecule has 1 aromatic carbocycles. The Morgan fingerprint density at radius 1 is 1.33 bits per heavy atom. The molecular formula is C14H20F3N3O. The average Bonchev–Trinajstić information content (AvgIpc) is 2.41. The van der Waals surface area contributed by atoms with Crippen molar-refractivity contribution in [1.82, 2.24) is 10.6 Å². The summed E-state index contributed by atoms with van der Waals surface area (Å²) in [4.78, 5) is 4.01. The summed E-state index contributed by atoms with van der Waals surface area (Å²) < 4.78 is 42.9. The maximum absolute atomic E-state index is 12.5. The molecule has 4 nitrogen and oxygen atoms in total. The Hall–Kier alpha value is -1.92. The lowest BCUT2D eigenvalue weighted by molar-refractivity contribution is -0.137. The number of aliphatic imine (C=N–C) groups is 1. The molecule has 0 atom stereocenters. The van der Waals surface area contributed by atoms with Gasteiger partial charge in [-0.05, 0) is 32.0 Å². The fourth-order valence-corrected chi connectivity index (χ4v) is 1.57. The van der Waals surface area contributed by atoms with E-state index in [0.29, 0.717) is 12.5 Å². The first-order valence-electron chi connectivity index (χ1n) is 6.60. The van der Waals surface area contributed by atoms with Gasteiger partial charge in [0.05, 0.1) is 12.1 Å². The third kappa shape index (κ3) is 6.37. The molecule has 2 N–H and O–H groups in total. The van der Waals surface area contributed by atoms with E-state index in [1.165, 1.54) is 12.1 Å². The fourth-order valence-electron chi connectivity index (χ4n) is 1.57. The number of benzene rings is 1. The monoisotopic (exact) mass is 303 g/mol. The maximum Gasteiger partial charge on any atom is 0.416 e. The number of ether oxygens (including phenoxy) is 1. The molecule has 0 aliphatic carbocycles. The standard InChI is InChI=1S/C14H20F3N3O/c1-10(2)20-13(18-3)19-7-8-21-12-6-4-5-11(9-12)14(15,16)17/h4-6,9-10H,7-8H2,1-3H3,(H2,18,19,20). The molecule has 0 aromatic heterocycles. The Morgan fingerprint density at radius 2 is 2.05 bits per heavy atom. The Bertz CT molecular complexity index is 473. The summed E-state index contributed by atoms with van der Waals surface area (Å²) in [5, 5.41) is 6.10. The van der Waals surface area contributed by atoms with Crippen LogP contribution in [-0.4, -0.2) is 32.2 Å². The minimum atomic E-state index is -4.36. The highest BCUT2D eigenvalue weighted by Crippen LogP contribution is 2.31. The number of nitrogens with one attached hydrogen (secondary N) is 2. The van der Waals surface area contributed by atoms with Gasteiger partial charge in [0, 0.05) is 13.1 Å². The minimum Gasteiger partial charge on any atom is -0.492 e. The van der Waals surface area contributed by atoms with Crippen LogP contribution < -0.4 is 15.4 Å². The molecule has 0 saturated carbocycles. The zero-order valence-corrected chi connectivity index (χ0v) is 12.3. The molecular weight excluding hydrogens is 283 g/mol. The quantitative estimate of drug-likeness (QED) is 0.499. The normalized spacial score (nSPS) is 12.4. The van der Waals surface area contributed by atoms with Gasteiger partial charge in [0.25, 0.3) is 0 Å². The van der Waals surface area contributed by atoms with Crippen molar-refractivity contribution in [2.45, 2.75) is 26.1 Å². The van der Waals surface area contributed by atoms with Gasteiger partial charge in [0.2, 0.25) is 0 Å². The summed E-state index contributed by atoms with van der Waals surface area (Å²) in [7, 11) is 1.64. The molecule has 0 spiro atoms. The lowest BCUT2D eigenvalue weighted by Crippen LogP contribution is -2.42. The molecule has 7 heteroatoms. The van der Waals surface area contributed by atoms with Crippen molar-refractivity contribution in [2.24, 2.45) is 4.99 Å². The SMILES string of the molecule is CN=C(NCCOc1cccc(C(F)(F)F)c1)NC(C)C. The van der Waals surface area contributed by atoms with Gasteiger partial charge in [-0.1, -0.05) is 6.07 Å². The van der Waals surface area contributed by atoms with Gasteiger partial charge in [0.1, 0.15) is 12.4 Å². The van der Waals surface area contributed by atoms with Crippen molar-refractivity contribution in [2.75, 3.05) is 20.2 Å². The van der Waals surface area contributed by atoms with Crippen LogP contribution in [0.1, 0.15) is 19.4 Å². The van der Waals surface area contributed by atoms with Crippen molar-refractivity contribution in [1.29, 1.82) is 0 Å². The minimum absolute atomic E-state index is 0.193. The summed E-state index contributed by atoms with van der Waals surface area (Å²) in [6.45, 7) is 4.63. The number of alkyl halides is 3. The topological polar surface area (TPSA) is 45.7 Å². The third-order valence-corrected chi connectivity index (χ3v) is 2.47. The van der Waals surface area contributed by atoms with Crippen molar-refractivity contribution >= 4 is 5.96 Å². The molecule has 0 fully saturated rings. The van der Waals surface area contributed by atoms with Crippen LogP contribution in [0, 0.1) is 0 Å². The Morgan fingerprint density at radius 3 is 2.62 bits per heavy atom. The van der Waals surface area contributed by atoms with E-state index < -0.39 is 11.7 Å². The van der Waals surface area contributed by atoms with Crippen LogP contribution in [0.3, 0.4) is 0 Å². The second kappa shape index (κ2) is 7.75. The predicted octanol–water partition coefficient (Wildman–Crippen LogP) is 2.66. The summed E-state index contributed by atoms with van der Waals surface area (Å²) in [5.74, 6) is 0.816. The van der Waals surface area contributed by atoms with E-state index in [-0.39, 0.29) is 18.4 Å². The highest BCUT2D eigenvalue weighted by atomic mass is 19.4. The van der Waals surface area contributed by atoms with Crippen molar-refractivity contribution in [3.63, 3.8) is 0 Å². The third-order valence-electron chi connectivity index (χ3n) is 2.47. The lowest BCUT2D eigenvalue weighted by Gasteiger charge is -2.15.